The van der Waals surface area contributed by atoms with E-state index in [2.05, 4.69) is 15.9 Å². The topological polar surface area (TPSA) is 86.2 Å². The average Bonchev–Trinajstić information content (AvgIpc) is 2.93. The molecule has 1 aliphatic rings. The van der Waals surface area contributed by atoms with Crippen LogP contribution in [-0.2, 0) is 9.59 Å². The Hall–Kier alpha value is -1.36. The molecule has 84 valence electrons. The summed E-state index contributed by atoms with van der Waals surface area (Å²) in [5.74, 6) is -1.45. The van der Waals surface area contributed by atoms with Gasteiger partial charge in [0.15, 0.2) is 0 Å². The lowest BCUT2D eigenvalue weighted by molar-refractivity contribution is -0.133. The number of halogens is 1. The maximum absolute atomic E-state index is 11.3. The number of nitrogens with two attached hydrogens (primary N) is 2. The number of carbonyl (C=O) groups excluding carboxylic acids is 2. The molecule has 1 unspecified atom stereocenters. The molecule has 0 spiro atoms. The summed E-state index contributed by atoms with van der Waals surface area (Å²) in [6.07, 6.45) is 0.411. The molecule has 1 atom stereocenters. The quantitative estimate of drug-likeness (QED) is 0.807. The molecular formula is C11H11BrN2O2. The Kier molecular flexibility index (Phi) is 2.50. The van der Waals surface area contributed by atoms with Crippen LogP contribution in [0, 0.1) is 5.41 Å². The van der Waals surface area contributed by atoms with Crippen LogP contribution in [0.25, 0.3) is 0 Å². The summed E-state index contributed by atoms with van der Waals surface area (Å²) in [7, 11) is 0. The van der Waals surface area contributed by atoms with Crippen molar-refractivity contribution in [1.29, 1.82) is 0 Å². The van der Waals surface area contributed by atoms with E-state index in [0.29, 0.717) is 6.42 Å². The number of benzene rings is 1. The molecule has 1 fully saturated rings. The van der Waals surface area contributed by atoms with Crippen molar-refractivity contribution in [1.82, 2.24) is 0 Å². The second kappa shape index (κ2) is 3.59. The van der Waals surface area contributed by atoms with Crippen LogP contribution < -0.4 is 11.5 Å². The fourth-order valence-electron chi connectivity index (χ4n) is 2.05. The van der Waals surface area contributed by atoms with Crippen LogP contribution in [0.15, 0.2) is 28.7 Å². The highest BCUT2D eigenvalue weighted by atomic mass is 79.9. The summed E-state index contributed by atoms with van der Waals surface area (Å²) in [5.41, 5.74) is 10.2. The Bertz CT molecular complexity index is 459. The molecule has 0 heterocycles. The normalized spacial score (nSPS) is 21.4. The van der Waals surface area contributed by atoms with Crippen molar-refractivity contribution >= 4 is 27.7 Å². The van der Waals surface area contributed by atoms with Crippen LogP contribution in [0.1, 0.15) is 17.9 Å². The molecule has 0 radical (unpaired) electrons. The first-order valence-corrected chi connectivity index (χ1v) is 5.63. The first-order chi connectivity index (χ1) is 7.48. The predicted molar refractivity (Wildman–Crippen MR) is 62.3 cm³/mol. The van der Waals surface area contributed by atoms with Gasteiger partial charge in [0, 0.05) is 10.4 Å². The minimum atomic E-state index is -1.18. The first-order valence-electron chi connectivity index (χ1n) is 4.84. The molecule has 4 N–H and O–H groups in total. The van der Waals surface area contributed by atoms with E-state index in [1.54, 1.807) is 0 Å². The van der Waals surface area contributed by atoms with Crippen LogP contribution in [0.2, 0.25) is 0 Å². The van der Waals surface area contributed by atoms with E-state index in [-0.39, 0.29) is 5.92 Å². The number of hydrogen-bond donors (Lipinski definition) is 2. The molecule has 0 saturated heterocycles. The largest absolute Gasteiger partial charge is 0.369 e. The monoisotopic (exact) mass is 282 g/mol. The molecule has 1 aromatic carbocycles. The summed E-state index contributed by atoms with van der Waals surface area (Å²) < 4.78 is 0.903. The van der Waals surface area contributed by atoms with Gasteiger partial charge in [0.1, 0.15) is 5.41 Å². The van der Waals surface area contributed by atoms with Crippen molar-refractivity contribution in [2.45, 2.75) is 12.3 Å². The van der Waals surface area contributed by atoms with Gasteiger partial charge in [0.25, 0.3) is 0 Å². The van der Waals surface area contributed by atoms with E-state index in [4.69, 9.17) is 11.5 Å². The highest BCUT2D eigenvalue weighted by Gasteiger charge is 2.64. The van der Waals surface area contributed by atoms with Crippen molar-refractivity contribution in [2.24, 2.45) is 16.9 Å². The van der Waals surface area contributed by atoms with Crippen LogP contribution >= 0.6 is 15.9 Å². The van der Waals surface area contributed by atoms with Gasteiger partial charge in [0.05, 0.1) is 0 Å². The van der Waals surface area contributed by atoms with Crippen molar-refractivity contribution in [3.63, 3.8) is 0 Å². The first kappa shape index (κ1) is 11.1. The van der Waals surface area contributed by atoms with Gasteiger partial charge in [-0.05, 0) is 24.1 Å². The molecule has 1 aliphatic carbocycles. The summed E-state index contributed by atoms with van der Waals surface area (Å²) in [4.78, 5) is 22.6. The zero-order chi connectivity index (χ0) is 11.9. The summed E-state index contributed by atoms with van der Waals surface area (Å²) >= 11 is 3.34. The Labute approximate surface area is 101 Å². The molecule has 0 aliphatic heterocycles. The molecule has 1 saturated carbocycles. The van der Waals surface area contributed by atoms with Crippen molar-refractivity contribution in [3.05, 3.63) is 34.3 Å². The lowest BCUT2D eigenvalue weighted by Crippen LogP contribution is -2.38. The van der Waals surface area contributed by atoms with Crippen LogP contribution in [-0.4, -0.2) is 11.8 Å². The summed E-state index contributed by atoms with van der Waals surface area (Å²) in [6, 6.07) is 7.47. The van der Waals surface area contributed by atoms with E-state index < -0.39 is 17.2 Å². The zero-order valence-electron chi connectivity index (χ0n) is 8.44. The molecule has 0 bridgehead atoms. The van der Waals surface area contributed by atoms with Crippen LogP contribution in [0.3, 0.4) is 0 Å². The minimum Gasteiger partial charge on any atom is -0.369 e. The third-order valence-electron chi connectivity index (χ3n) is 3.09. The van der Waals surface area contributed by atoms with E-state index in [0.717, 1.165) is 10.0 Å². The Morgan fingerprint density at radius 2 is 1.94 bits per heavy atom. The van der Waals surface area contributed by atoms with Crippen LogP contribution in [0.5, 0.6) is 0 Å². The molecular weight excluding hydrogens is 272 g/mol. The number of rotatable bonds is 3. The van der Waals surface area contributed by atoms with E-state index in [1.807, 2.05) is 24.3 Å². The molecule has 4 nitrogen and oxygen atoms in total. The summed E-state index contributed by atoms with van der Waals surface area (Å²) in [6.45, 7) is 0. The molecule has 2 amide bonds. The zero-order valence-corrected chi connectivity index (χ0v) is 10.0. The van der Waals surface area contributed by atoms with Crippen molar-refractivity contribution in [2.75, 3.05) is 0 Å². The lowest BCUT2D eigenvalue weighted by Gasteiger charge is -2.09. The minimum absolute atomic E-state index is 0.181. The predicted octanol–water partition coefficient (Wildman–Crippen LogP) is 0.893. The van der Waals surface area contributed by atoms with Crippen LogP contribution in [0.4, 0.5) is 0 Å². The maximum Gasteiger partial charge on any atom is 0.233 e. The van der Waals surface area contributed by atoms with Gasteiger partial charge in [-0.3, -0.25) is 9.59 Å². The van der Waals surface area contributed by atoms with Gasteiger partial charge in [-0.25, -0.2) is 0 Å². The van der Waals surface area contributed by atoms with E-state index >= 15 is 0 Å². The highest BCUT2D eigenvalue weighted by Crippen LogP contribution is 2.59. The van der Waals surface area contributed by atoms with Gasteiger partial charge in [-0.1, -0.05) is 28.1 Å². The Morgan fingerprint density at radius 1 is 1.31 bits per heavy atom. The SMILES string of the molecule is NC(=O)C1(C(N)=O)CC1c1cccc(Br)c1. The third kappa shape index (κ3) is 1.51. The van der Waals surface area contributed by atoms with Gasteiger partial charge in [-0.15, -0.1) is 0 Å². The smallest absolute Gasteiger partial charge is 0.233 e. The third-order valence-corrected chi connectivity index (χ3v) is 3.58. The molecule has 16 heavy (non-hydrogen) atoms. The molecule has 2 rings (SSSR count). The van der Waals surface area contributed by atoms with E-state index in [9.17, 15) is 9.59 Å². The second-order valence-electron chi connectivity index (χ2n) is 4.01. The van der Waals surface area contributed by atoms with Crippen molar-refractivity contribution < 1.29 is 9.59 Å². The fourth-order valence-corrected chi connectivity index (χ4v) is 2.47. The van der Waals surface area contributed by atoms with Gasteiger partial charge < -0.3 is 11.5 Å². The fraction of sp³-hybridized carbons (Fsp3) is 0.273. The van der Waals surface area contributed by atoms with Crippen molar-refractivity contribution in [3.8, 4) is 0 Å². The van der Waals surface area contributed by atoms with Gasteiger partial charge in [-0.2, -0.15) is 0 Å². The number of hydrogen-bond acceptors (Lipinski definition) is 2. The summed E-state index contributed by atoms with van der Waals surface area (Å²) in [5, 5.41) is 0. The number of carbonyl (C=O) groups is 2. The molecule has 1 aromatic rings. The lowest BCUT2D eigenvalue weighted by atomic mass is 9.98. The average molecular weight is 283 g/mol. The van der Waals surface area contributed by atoms with E-state index in [1.165, 1.54) is 0 Å². The number of amides is 2. The number of primary amides is 2. The Morgan fingerprint density at radius 3 is 2.38 bits per heavy atom. The Balaban J connectivity index is 2.34. The molecule has 0 aromatic heterocycles. The molecule has 5 heteroatoms. The second-order valence-corrected chi connectivity index (χ2v) is 4.93. The highest BCUT2D eigenvalue weighted by molar-refractivity contribution is 9.10. The standard InChI is InChI=1S/C11H11BrN2O2/c12-7-3-1-2-6(4-7)8-5-11(8,9(13)15)10(14)16/h1-4,8H,5H2,(H2,13,15)(H2,14,16). The van der Waals surface area contributed by atoms with Gasteiger partial charge in [0.2, 0.25) is 11.8 Å². The van der Waals surface area contributed by atoms with Gasteiger partial charge >= 0.3 is 0 Å². The maximum atomic E-state index is 11.3.